The first-order valence-electron chi connectivity index (χ1n) is 7.93. The van der Waals surface area contributed by atoms with Crippen LogP contribution in [0.5, 0.6) is 5.75 Å². The van der Waals surface area contributed by atoms with E-state index in [1.807, 2.05) is 18.2 Å². The number of carbonyl (C=O) groups excluding carboxylic acids is 2. The van der Waals surface area contributed by atoms with E-state index in [4.69, 9.17) is 14.2 Å². The van der Waals surface area contributed by atoms with Crippen LogP contribution in [0, 0.1) is 0 Å². The molecule has 0 amide bonds. The van der Waals surface area contributed by atoms with Crippen LogP contribution >= 0.6 is 15.9 Å². The molecule has 0 aliphatic carbocycles. The van der Waals surface area contributed by atoms with Gasteiger partial charge in [0, 0.05) is 23.4 Å². The molecule has 6 heteroatoms. The average Bonchev–Trinajstić information content (AvgIpc) is 2.57. The van der Waals surface area contributed by atoms with Crippen LogP contribution in [0.4, 0.5) is 0 Å². The zero-order valence-electron chi connectivity index (χ0n) is 14.0. The number of hydrogen-bond acceptors (Lipinski definition) is 5. The second-order valence-corrected chi connectivity index (χ2v) is 5.37. The van der Waals surface area contributed by atoms with Gasteiger partial charge in [0.25, 0.3) is 0 Å². The van der Waals surface area contributed by atoms with Crippen LogP contribution in [0.2, 0.25) is 0 Å². The summed E-state index contributed by atoms with van der Waals surface area (Å²) in [7, 11) is 0. The molecule has 0 aliphatic heterocycles. The van der Waals surface area contributed by atoms with E-state index in [1.54, 1.807) is 19.9 Å². The van der Waals surface area contributed by atoms with Gasteiger partial charge in [-0.15, -0.1) is 0 Å². The van der Waals surface area contributed by atoms with Crippen LogP contribution in [0.3, 0.4) is 0 Å². The molecule has 0 aliphatic rings. The Balaban J connectivity index is 2.72. The molecule has 0 unspecified atom stereocenters. The topological polar surface area (TPSA) is 61.8 Å². The van der Waals surface area contributed by atoms with Crippen molar-refractivity contribution < 1.29 is 23.8 Å². The average molecular weight is 399 g/mol. The maximum absolute atomic E-state index is 11.5. The first-order valence-corrected chi connectivity index (χ1v) is 9.05. The van der Waals surface area contributed by atoms with Gasteiger partial charge in [-0.05, 0) is 38.0 Å². The van der Waals surface area contributed by atoms with Gasteiger partial charge in [0.1, 0.15) is 5.75 Å². The third kappa shape index (κ3) is 7.17. The normalized spacial score (nSPS) is 10.6. The third-order valence-electron chi connectivity index (χ3n) is 3.06. The SMILES string of the molecule is CCOC(=O)/C=C/c1c(CBr)cccc1OCCCC(=O)OCC. The maximum Gasteiger partial charge on any atom is 0.330 e. The highest BCUT2D eigenvalue weighted by Gasteiger charge is 2.08. The van der Waals surface area contributed by atoms with Crippen molar-refractivity contribution in [3.63, 3.8) is 0 Å². The van der Waals surface area contributed by atoms with Gasteiger partial charge in [0.2, 0.25) is 0 Å². The summed E-state index contributed by atoms with van der Waals surface area (Å²) in [6.45, 7) is 4.65. The lowest BCUT2D eigenvalue weighted by Gasteiger charge is -2.12. The molecule has 0 heterocycles. The summed E-state index contributed by atoms with van der Waals surface area (Å²) < 4.78 is 15.5. The number of esters is 2. The summed E-state index contributed by atoms with van der Waals surface area (Å²) in [4.78, 5) is 22.8. The minimum absolute atomic E-state index is 0.224. The number of halogens is 1. The molecule has 1 aromatic rings. The summed E-state index contributed by atoms with van der Waals surface area (Å²) in [5.74, 6) is 0.0456. The molecule has 132 valence electrons. The van der Waals surface area contributed by atoms with Gasteiger partial charge in [0.15, 0.2) is 0 Å². The van der Waals surface area contributed by atoms with E-state index in [0.717, 1.165) is 11.1 Å². The van der Waals surface area contributed by atoms with Crippen LogP contribution in [-0.2, 0) is 24.4 Å². The summed E-state index contributed by atoms with van der Waals surface area (Å²) in [5.41, 5.74) is 1.82. The molecule has 5 nitrogen and oxygen atoms in total. The molecular formula is C18H23BrO5. The molecule has 0 saturated carbocycles. The summed E-state index contributed by atoms with van der Waals surface area (Å²) >= 11 is 3.43. The lowest BCUT2D eigenvalue weighted by Crippen LogP contribution is -2.07. The minimum Gasteiger partial charge on any atom is -0.493 e. The quantitative estimate of drug-likeness (QED) is 0.259. The molecule has 0 spiro atoms. The second kappa shape index (κ2) is 11.7. The van der Waals surface area contributed by atoms with Crippen molar-refractivity contribution in [2.45, 2.75) is 32.0 Å². The Bertz CT molecular complexity index is 569. The van der Waals surface area contributed by atoms with E-state index in [9.17, 15) is 9.59 Å². The van der Waals surface area contributed by atoms with Crippen molar-refractivity contribution >= 4 is 33.9 Å². The van der Waals surface area contributed by atoms with Gasteiger partial charge in [-0.2, -0.15) is 0 Å². The fraction of sp³-hybridized carbons (Fsp3) is 0.444. The van der Waals surface area contributed by atoms with Gasteiger partial charge in [-0.25, -0.2) is 4.79 Å². The predicted molar refractivity (Wildman–Crippen MR) is 96.1 cm³/mol. The van der Waals surface area contributed by atoms with Gasteiger partial charge in [-0.1, -0.05) is 28.1 Å². The first kappa shape index (κ1) is 20.2. The highest BCUT2D eigenvalue weighted by Crippen LogP contribution is 2.26. The van der Waals surface area contributed by atoms with E-state index < -0.39 is 5.97 Å². The van der Waals surface area contributed by atoms with Gasteiger partial charge < -0.3 is 14.2 Å². The second-order valence-electron chi connectivity index (χ2n) is 4.80. The van der Waals surface area contributed by atoms with Crippen molar-refractivity contribution in [2.75, 3.05) is 19.8 Å². The molecule has 0 fully saturated rings. The Morgan fingerprint density at radius 3 is 2.58 bits per heavy atom. The third-order valence-corrected chi connectivity index (χ3v) is 3.67. The highest BCUT2D eigenvalue weighted by molar-refractivity contribution is 9.08. The fourth-order valence-corrected chi connectivity index (χ4v) is 2.48. The van der Waals surface area contributed by atoms with E-state index in [2.05, 4.69) is 15.9 Å². The molecule has 24 heavy (non-hydrogen) atoms. The number of hydrogen-bond donors (Lipinski definition) is 0. The molecule has 0 radical (unpaired) electrons. The zero-order valence-corrected chi connectivity index (χ0v) is 15.6. The molecule has 1 aromatic carbocycles. The highest BCUT2D eigenvalue weighted by atomic mass is 79.9. The van der Waals surface area contributed by atoms with Gasteiger partial charge in [-0.3, -0.25) is 4.79 Å². The van der Waals surface area contributed by atoms with Crippen LogP contribution < -0.4 is 4.74 Å². The summed E-state index contributed by atoms with van der Waals surface area (Å²) in [5, 5.41) is 0.634. The van der Waals surface area contributed by atoms with E-state index >= 15 is 0 Å². The van der Waals surface area contributed by atoms with Gasteiger partial charge in [0.05, 0.1) is 19.8 Å². The van der Waals surface area contributed by atoms with Crippen molar-refractivity contribution in [1.29, 1.82) is 0 Å². The Kier molecular flexibility index (Phi) is 9.84. The number of carbonyl (C=O) groups is 2. The Labute approximate surface area is 151 Å². The van der Waals surface area contributed by atoms with Crippen molar-refractivity contribution in [3.05, 3.63) is 35.4 Å². The smallest absolute Gasteiger partial charge is 0.330 e. The van der Waals surface area contributed by atoms with E-state index in [-0.39, 0.29) is 5.97 Å². The van der Waals surface area contributed by atoms with E-state index in [0.29, 0.717) is 43.7 Å². The molecule has 0 atom stereocenters. The molecular weight excluding hydrogens is 376 g/mol. The number of rotatable bonds is 10. The lowest BCUT2D eigenvalue weighted by molar-refractivity contribution is -0.143. The fourth-order valence-electron chi connectivity index (χ4n) is 1.99. The van der Waals surface area contributed by atoms with Crippen LogP contribution in [-0.4, -0.2) is 31.8 Å². The largest absolute Gasteiger partial charge is 0.493 e. The van der Waals surface area contributed by atoms with Crippen LogP contribution in [0.25, 0.3) is 6.08 Å². The Morgan fingerprint density at radius 2 is 1.92 bits per heavy atom. The number of ether oxygens (including phenoxy) is 3. The predicted octanol–water partition coefficient (Wildman–Crippen LogP) is 3.88. The Morgan fingerprint density at radius 1 is 1.17 bits per heavy atom. The Hall–Kier alpha value is -1.82. The zero-order chi connectivity index (χ0) is 17.8. The summed E-state index contributed by atoms with van der Waals surface area (Å²) in [6.07, 6.45) is 3.96. The van der Waals surface area contributed by atoms with Crippen LogP contribution in [0.15, 0.2) is 24.3 Å². The molecule has 1 rings (SSSR count). The van der Waals surface area contributed by atoms with Crippen LogP contribution in [0.1, 0.15) is 37.8 Å². The monoisotopic (exact) mass is 398 g/mol. The van der Waals surface area contributed by atoms with Crippen molar-refractivity contribution in [3.8, 4) is 5.75 Å². The van der Waals surface area contributed by atoms with Crippen molar-refractivity contribution in [2.24, 2.45) is 0 Å². The van der Waals surface area contributed by atoms with E-state index in [1.165, 1.54) is 6.08 Å². The maximum atomic E-state index is 11.5. The minimum atomic E-state index is -0.393. The van der Waals surface area contributed by atoms with Crippen molar-refractivity contribution in [1.82, 2.24) is 0 Å². The molecule has 0 bridgehead atoms. The lowest BCUT2D eigenvalue weighted by atomic mass is 10.1. The first-order chi connectivity index (χ1) is 11.6. The standard InChI is InChI=1S/C18H23BrO5/c1-3-22-17(20)9-6-12-24-16-8-5-7-14(13-19)15(16)10-11-18(21)23-4-2/h5,7-8,10-11H,3-4,6,9,12-13H2,1-2H3/b11-10+. The molecule has 0 saturated heterocycles. The molecule has 0 aromatic heterocycles. The number of alkyl halides is 1. The van der Waals surface area contributed by atoms with Gasteiger partial charge >= 0.3 is 11.9 Å². The number of benzene rings is 1. The summed E-state index contributed by atoms with van der Waals surface area (Å²) in [6, 6.07) is 5.67. The molecule has 0 N–H and O–H groups in total.